The molecule has 0 spiro atoms. The van der Waals surface area contributed by atoms with Crippen LogP contribution in [0.25, 0.3) is 39.0 Å². The van der Waals surface area contributed by atoms with Gasteiger partial charge in [0.05, 0.1) is 8.07 Å². The van der Waals surface area contributed by atoms with Gasteiger partial charge in [0.2, 0.25) is 0 Å². The molecule has 0 bridgehead atoms. The van der Waals surface area contributed by atoms with E-state index in [9.17, 15) is 0 Å². The fraction of sp³-hybridized carbons (Fsp3) is 0.200. The third-order valence-electron chi connectivity index (χ3n) is 8.59. The summed E-state index contributed by atoms with van der Waals surface area (Å²) >= 11 is 0. The van der Waals surface area contributed by atoms with Crippen LogP contribution in [-0.2, 0) is 0 Å². The van der Waals surface area contributed by atoms with E-state index in [1.807, 2.05) is 0 Å². The van der Waals surface area contributed by atoms with Crippen LogP contribution in [0.1, 0.15) is 31.2 Å². The van der Waals surface area contributed by atoms with Crippen molar-refractivity contribution in [3.05, 3.63) is 145 Å². The van der Waals surface area contributed by atoms with Gasteiger partial charge in [-0.3, -0.25) is 0 Å². The van der Waals surface area contributed by atoms with Crippen LogP contribution in [-0.4, -0.2) is 8.07 Å². The Bertz CT molecular complexity index is 1640. The predicted octanol–water partition coefficient (Wildman–Crippen LogP) is 10.9. The number of hydrogen-bond acceptors (Lipinski definition) is 0. The number of benzene rings is 4. The minimum atomic E-state index is -1.34. The van der Waals surface area contributed by atoms with Crippen LogP contribution in [0.5, 0.6) is 0 Å². The molecule has 0 heterocycles. The average molecular weight is 549 g/mol. The van der Waals surface area contributed by atoms with Crippen molar-refractivity contribution in [3.63, 3.8) is 0 Å². The van der Waals surface area contributed by atoms with Gasteiger partial charge in [-0.1, -0.05) is 159 Å². The first kappa shape index (κ1) is 27.2. The van der Waals surface area contributed by atoms with Crippen molar-refractivity contribution in [2.24, 2.45) is 5.92 Å². The lowest BCUT2D eigenvalue weighted by Crippen LogP contribution is -2.37. The number of rotatable bonds is 5. The Morgan fingerprint density at radius 3 is 1.78 bits per heavy atom. The molecule has 6 rings (SSSR count). The monoisotopic (exact) mass is 548 g/mol. The summed E-state index contributed by atoms with van der Waals surface area (Å²) in [5.41, 5.74) is 11.8. The van der Waals surface area contributed by atoms with E-state index in [-0.39, 0.29) is 0 Å². The molecule has 0 aromatic heterocycles. The Morgan fingerprint density at radius 2 is 1.15 bits per heavy atom. The second-order valence-corrected chi connectivity index (χ2v) is 17.6. The minimum Gasteiger partial charge on any atom is -0.0770 e. The summed E-state index contributed by atoms with van der Waals surface area (Å²) in [6.07, 6.45) is 18.6. The molecule has 4 aromatic carbocycles. The SMILES string of the molecule is C[Si](C)(C)c1cccc(-c2ccc(-c3cccc(-c4ccc(/C5=C/C=C6/C=CC=CC6CCCC5)cc4)c3)cc2)c1. The first-order valence-electron chi connectivity index (χ1n) is 15.1. The summed E-state index contributed by atoms with van der Waals surface area (Å²) in [5, 5.41) is 1.50. The van der Waals surface area contributed by atoms with E-state index in [0.29, 0.717) is 5.92 Å². The molecule has 1 unspecified atom stereocenters. The van der Waals surface area contributed by atoms with Gasteiger partial charge in [-0.15, -0.1) is 0 Å². The molecule has 0 nitrogen and oxygen atoms in total. The van der Waals surface area contributed by atoms with Crippen LogP contribution in [0.2, 0.25) is 19.6 Å². The summed E-state index contributed by atoms with van der Waals surface area (Å²) in [5.74, 6) is 0.572. The van der Waals surface area contributed by atoms with Gasteiger partial charge < -0.3 is 0 Å². The van der Waals surface area contributed by atoms with E-state index in [4.69, 9.17) is 0 Å². The molecule has 1 atom stereocenters. The quantitative estimate of drug-likeness (QED) is 0.218. The fourth-order valence-corrected chi connectivity index (χ4v) is 7.20. The topological polar surface area (TPSA) is 0 Å². The van der Waals surface area contributed by atoms with E-state index in [1.165, 1.54) is 74.5 Å². The van der Waals surface area contributed by atoms with Crippen molar-refractivity contribution in [2.45, 2.75) is 45.3 Å². The van der Waals surface area contributed by atoms with Crippen molar-refractivity contribution < 1.29 is 0 Å². The smallest absolute Gasteiger partial charge is 0.0770 e. The molecule has 204 valence electrons. The maximum absolute atomic E-state index is 2.41. The molecule has 0 aliphatic heterocycles. The zero-order valence-corrected chi connectivity index (χ0v) is 25.6. The lowest BCUT2D eigenvalue weighted by atomic mass is 9.90. The molecule has 0 radical (unpaired) electrons. The van der Waals surface area contributed by atoms with Crippen LogP contribution in [0.15, 0.2) is 139 Å². The summed E-state index contributed by atoms with van der Waals surface area (Å²) in [7, 11) is -1.34. The van der Waals surface area contributed by atoms with Gasteiger partial charge in [-0.05, 0) is 75.4 Å². The van der Waals surface area contributed by atoms with E-state index in [0.717, 1.165) is 6.42 Å². The van der Waals surface area contributed by atoms with E-state index in [1.54, 1.807) is 0 Å². The summed E-state index contributed by atoms with van der Waals surface area (Å²) < 4.78 is 0. The second kappa shape index (κ2) is 11.9. The number of fused-ring (bicyclic) bond motifs is 1. The van der Waals surface area contributed by atoms with Crippen molar-refractivity contribution in [2.75, 3.05) is 0 Å². The molecule has 0 saturated carbocycles. The van der Waals surface area contributed by atoms with Gasteiger partial charge >= 0.3 is 0 Å². The largest absolute Gasteiger partial charge is 0.0776 e. The summed E-state index contributed by atoms with van der Waals surface area (Å²) in [6.45, 7) is 7.22. The predicted molar refractivity (Wildman–Crippen MR) is 182 cm³/mol. The highest BCUT2D eigenvalue weighted by Crippen LogP contribution is 2.32. The standard InChI is InChI=1S/C40H40Si/c1-41(2,3)40-17-9-16-39(29-40)36-26-24-35(25-27-36)38-15-8-14-37(28-38)34-22-20-33(21-23-34)32-13-7-5-11-30-10-4-6-12-31(30)18-19-32/h4,6,8-10,12,14-30H,5,7,11,13H2,1-3H3/b31-18-,32-19+. The molecule has 0 saturated heterocycles. The molecule has 2 aliphatic carbocycles. The molecule has 1 heteroatoms. The van der Waals surface area contributed by atoms with E-state index >= 15 is 0 Å². The molecule has 0 N–H and O–H groups in total. The third kappa shape index (κ3) is 6.37. The molecule has 41 heavy (non-hydrogen) atoms. The average Bonchev–Trinajstić information content (AvgIpc) is 3.12. The Hall–Kier alpha value is -3.94. The first-order valence-corrected chi connectivity index (χ1v) is 18.6. The lowest BCUT2D eigenvalue weighted by Gasteiger charge is -2.17. The number of allylic oxidation sites excluding steroid dienone is 8. The third-order valence-corrected chi connectivity index (χ3v) is 10.6. The Morgan fingerprint density at radius 1 is 0.561 bits per heavy atom. The molecule has 0 amide bonds. The molecular formula is C40H40Si. The van der Waals surface area contributed by atoms with Gasteiger partial charge in [0.25, 0.3) is 0 Å². The highest BCUT2D eigenvalue weighted by Gasteiger charge is 2.17. The minimum absolute atomic E-state index is 0.572. The highest BCUT2D eigenvalue weighted by atomic mass is 28.3. The highest BCUT2D eigenvalue weighted by molar-refractivity contribution is 6.88. The van der Waals surface area contributed by atoms with Crippen molar-refractivity contribution in [3.8, 4) is 33.4 Å². The maximum atomic E-state index is 2.41. The van der Waals surface area contributed by atoms with Gasteiger partial charge in [0, 0.05) is 5.92 Å². The fourth-order valence-electron chi connectivity index (χ4n) is 6.02. The van der Waals surface area contributed by atoms with Crippen LogP contribution >= 0.6 is 0 Å². The van der Waals surface area contributed by atoms with Crippen molar-refractivity contribution in [1.29, 1.82) is 0 Å². The van der Waals surface area contributed by atoms with Gasteiger partial charge in [-0.2, -0.15) is 0 Å². The summed E-state index contributed by atoms with van der Waals surface area (Å²) in [4.78, 5) is 0. The van der Waals surface area contributed by atoms with Crippen LogP contribution in [0.3, 0.4) is 0 Å². The van der Waals surface area contributed by atoms with E-state index < -0.39 is 8.07 Å². The van der Waals surface area contributed by atoms with Crippen LogP contribution in [0, 0.1) is 5.92 Å². The molecule has 4 aromatic rings. The molecule has 0 fully saturated rings. The molecular weight excluding hydrogens is 509 g/mol. The van der Waals surface area contributed by atoms with Gasteiger partial charge in [0.1, 0.15) is 0 Å². The first-order chi connectivity index (χ1) is 19.9. The normalized spacial score (nSPS) is 19.6. The lowest BCUT2D eigenvalue weighted by molar-refractivity contribution is 0.613. The zero-order chi connectivity index (χ0) is 28.2. The van der Waals surface area contributed by atoms with Gasteiger partial charge in [-0.25, -0.2) is 0 Å². The van der Waals surface area contributed by atoms with Crippen molar-refractivity contribution in [1.82, 2.24) is 0 Å². The van der Waals surface area contributed by atoms with Crippen LogP contribution in [0.4, 0.5) is 0 Å². The molecule has 2 aliphatic rings. The number of hydrogen-bond donors (Lipinski definition) is 0. The maximum Gasteiger partial charge on any atom is 0.0776 e. The van der Waals surface area contributed by atoms with Crippen molar-refractivity contribution >= 4 is 18.8 Å². The summed E-state index contributed by atoms with van der Waals surface area (Å²) in [6, 6.07) is 36.3. The zero-order valence-electron chi connectivity index (χ0n) is 24.6. The Balaban J connectivity index is 1.21. The van der Waals surface area contributed by atoms with Crippen LogP contribution < -0.4 is 5.19 Å². The Labute approximate surface area is 247 Å². The Kier molecular flexibility index (Phi) is 7.90. The van der Waals surface area contributed by atoms with E-state index in [2.05, 4.69) is 153 Å². The second-order valence-electron chi connectivity index (χ2n) is 12.5. The van der Waals surface area contributed by atoms with Gasteiger partial charge in [0.15, 0.2) is 0 Å².